The molecule has 3 rings (SSSR count). The molecule has 2 aromatic carbocycles. The number of hydrogen-bond donors (Lipinski definition) is 1. The fourth-order valence-corrected chi connectivity index (χ4v) is 3.02. The summed E-state index contributed by atoms with van der Waals surface area (Å²) in [5.74, 6) is 0. The normalized spacial score (nSPS) is 11.1. The smallest absolute Gasteiger partial charge is 0.136 e. The van der Waals surface area contributed by atoms with E-state index in [-0.39, 0.29) is 0 Å². The van der Waals surface area contributed by atoms with Crippen molar-refractivity contribution in [3.05, 3.63) is 75.7 Å². The van der Waals surface area contributed by atoms with Crippen molar-refractivity contribution in [2.24, 2.45) is 0 Å². The number of aryl methyl sites for hydroxylation is 1. The predicted molar refractivity (Wildman–Crippen MR) is 101 cm³/mol. The highest BCUT2D eigenvalue weighted by Crippen LogP contribution is 2.26. The molecule has 0 bridgehead atoms. The van der Waals surface area contributed by atoms with Gasteiger partial charge in [0.1, 0.15) is 16.6 Å². The van der Waals surface area contributed by atoms with Crippen LogP contribution in [0.4, 0.5) is 5.69 Å². The molecule has 0 unspecified atom stereocenters. The van der Waals surface area contributed by atoms with Crippen molar-refractivity contribution in [1.82, 2.24) is 4.98 Å². The van der Waals surface area contributed by atoms with Crippen molar-refractivity contribution in [1.29, 1.82) is 5.26 Å². The average molecular weight is 352 g/mol. The van der Waals surface area contributed by atoms with E-state index in [0.717, 1.165) is 16.9 Å². The lowest BCUT2D eigenvalue weighted by molar-refractivity contribution is 1.36. The van der Waals surface area contributed by atoms with E-state index in [0.29, 0.717) is 15.6 Å². The van der Waals surface area contributed by atoms with E-state index >= 15 is 0 Å². The predicted octanol–water partition coefficient (Wildman–Crippen LogP) is 5.75. The summed E-state index contributed by atoms with van der Waals surface area (Å²) in [6.07, 6.45) is 1.67. The molecule has 5 heteroatoms. The lowest BCUT2D eigenvalue weighted by Gasteiger charge is -2.01. The lowest BCUT2D eigenvalue weighted by Crippen LogP contribution is -1.90. The number of thiazole rings is 1. The molecule has 0 aliphatic heterocycles. The molecule has 0 aliphatic carbocycles. The van der Waals surface area contributed by atoms with Crippen LogP contribution in [0.5, 0.6) is 0 Å². The molecule has 1 N–H and O–H groups in total. The Kier molecular flexibility index (Phi) is 4.95. The molecule has 0 atom stereocenters. The van der Waals surface area contributed by atoms with Crippen LogP contribution in [0.15, 0.2) is 60.1 Å². The molecule has 0 spiro atoms. The van der Waals surface area contributed by atoms with Crippen LogP contribution in [-0.2, 0) is 0 Å². The number of benzene rings is 2. The van der Waals surface area contributed by atoms with Gasteiger partial charge in [0.15, 0.2) is 0 Å². The van der Waals surface area contributed by atoms with Gasteiger partial charge < -0.3 is 5.32 Å². The van der Waals surface area contributed by atoms with Gasteiger partial charge in [-0.05, 0) is 31.2 Å². The van der Waals surface area contributed by atoms with Crippen LogP contribution in [0.25, 0.3) is 16.8 Å². The van der Waals surface area contributed by atoms with Crippen LogP contribution in [0.2, 0.25) is 5.02 Å². The highest BCUT2D eigenvalue weighted by Gasteiger charge is 2.08. The summed E-state index contributed by atoms with van der Waals surface area (Å²) in [6, 6.07) is 17.7. The van der Waals surface area contributed by atoms with Gasteiger partial charge in [0, 0.05) is 27.9 Å². The minimum absolute atomic E-state index is 0.494. The zero-order valence-corrected chi connectivity index (χ0v) is 14.5. The van der Waals surface area contributed by atoms with Gasteiger partial charge in [0.05, 0.1) is 5.69 Å². The SMILES string of the molecule is Cc1ccc(-c2csc(/C(C#N)=C/Nc3ccc(Cl)cc3)n2)cc1. The van der Waals surface area contributed by atoms with Crippen molar-refractivity contribution >= 4 is 34.2 Å². The molecular weight excluding hydrogens is 338 g/mol. The van der Waals surface area contributed by atoms with Gasteiger partial charge in [-0.15, -0.1) is 11.3 Å². The van der Waals surface area contributed by atoms with Gasteiger partial charge in [-0.3, -0.25) is 0 Å². The zero-order valence-electron chi connectivity index (χ0n) is 13.0. The van der Waals surface area contributed by atoms with Gasteiger partial charge >= 0.3 is 0 Å². The number of nitrogens with zero attached hydrogens (tertiary/aromatic N) is 2. The van der Waals surface area contributed by atoms with Gasteiger partial charge in [0.2, 0.25) is 0 Å². The number of halogens is 1. The van der Waals surface area contributed by atoms with Crippen molar-refractivity contribution in [2.75, 3.05) is 5.32 Å². The summed E-state index contributed by atoms with van der Waals surface area (Å²) < 4.78 is 0. The Bertz CT molecular complexity index is 903. The summed E-state index contributed by atoms with van der Waals surface area (Å²) in [6.45, 7) is 2.05. The monoisotopic (exact) mass is 351 g/mol. The highest BCUT2D eigenvalue weighted by atomic mass is 35.5. The quantitative estimate of drug-likeness (QED) is 0.609. The van der Waals surface area contributed by atoms with E-state index < -0.39 is 0 Å². The maximum atomic E-state index is 9.41. The standard InChI is InChI=1S/C19H14ClN3S/c1-13-2-4-14(5-3-13)18-12-24-19(23-18)15(10-21)11-22-17-8-6-16(20)7-9-17/h2-9,11-12,22H,1H3/b15-11+. The first-order valence-corrected chi connectivity index (χ1v) is 8.57. The van der Waals surface area contributed by atoms with Crippen molar-refractivity contribution in [3.63, 3.8) is 0 Å². The third-order valence-corrected chi connectivity index (χ3v) is 4.56. The van der Waals surface area contributed by atoms with E-state index in [4.69, 9.17) is 11.6 Å². The molecule has 0 radical (unpaired) electrons. The minimum atomic E-state index is 0.494. The first-order valence-electron chi connectivity index (χ1n) is 7.31. The fraction of sp³-hybridized carbons (Fsp3) is 0.0526. The second-order valence-corrected chi connectivity index (χ2v) is 6.52. The molecule has 1 aromatic heterocycles. The number of nitriles is 1. The third kappa shape index (κ3) is 3.83. The van der Waals surface area contributed by atoms with E-state index in [1.54, 1.807) is 18.3 Å². The van der Waals surface area contributed by atoms with Crippen molar-refractivity contribution in [2.45, 2.75) is 6.92 Å². The van der Waals surface area contributed by atoms with Crippen LogP contribution in [0, 0.1) is 18.3 Å². The summed E-state index contributed by atoms with van der Waals surface area (Å²) >= 11 is 7.32. The van der Waals surface area contributed by atoms with E-state index in [1.165, 1.54) is 16.9 Å². The van der Waals surface area contributed by atoms with Crippen LogP contribution in [0.3, 0.4) is 0 Å². The van der Waals surface area contributed by atoms with E-state index in [1.807, 2.05) is 29.6 Å². The van der Waals surface area contributed by atoms with Gasteiger partial charge in [-0.1, -0.05) is 41.4 Å². The maximum absolute atomic E-state index is 9.41. The molecule has 1 heterocycles. The number of anilines is 1. The molecule has 118 valence electrons. The van der Waals surface area contributed by atoms with Gasteiger partial charge in [-0.2, -0.15) is 5.26 Å². The average Bonchev–Trinajstić information content (AvgIpc) is 3.08. The van der Waals surface area contributed by atoms with Crippen molar-refractivity contribution in [3.8, 4) is 17.3 Å². The molecule has 0 fully saturated rings. The third-order valence-electron chi connectivity index (χ3n) is 3.43. The summed E-state index contributed by atoms with van der Waals surface area (Å²) in [7, 11) is 0. The molecule has 0 saturated carbocycles. The van der Waals surface area contributed by atoms with E-state index in [2.05, 4.69) is 35.4 Å². The first kappa shape index (κ1) is 16.3. The first-order chi connectivity index (χ1) is 11.7. The number of allylic oxidation sites excluding steroid dienone is 1. The molecule has 0 amide bonds. The Morgan fingerprint density at radius 2 is 1.88 bits per heavy atom. The molecular formula is C19H14ClN3S. The van der Waals surface area contributed by atoms with Crippen molar-refractivity contribution < 1.29 is 0 Å². The number of nitrogens with one attached hydrogen (secondary N) is 1. The summed E-state index contributed by atoms with van der Waals surface area (Å²) in [4.78, 5) is 4.57. The summed E-state index contributed by atoms with van der Waals surface area (Å²) in [5.41, 5.74) is 4.49. The van der Waals surface area contributed by atoms with Crippen LogP contribution in [-0.4, -0.2) is 4.98 Å². The number of hydrogen-bond acceptors (Lipinski definition) is 4. The van der Waals surface area contributed by atoms with Crippen LogP contribution in [0.1, 0.15) is 10.6 Å². The largest absolute Gasteiger partial charge is 0.360 e. The topological polar surface area (TPSA) is 48.7 Å². The highest BCUT2D eigenvalue weighted by molar-refractivity contribution is 7.11. The Morgan fingerprint density at radius 3 is 2.54 bits per heavy atom. The number of aromatic nitrogens is 1. The van der Waals surface area contributed by atoms with E-state index in [9.17, 15) is 5.26 Å². The molecule has 3 nitrogen and oxygen atoms in total. The Labute approximate surface area is 149 Å². The Morgan fingerprint density at radius 1 is 1.17 bits per heavy atom. The molecule has 0 aliphatic rings. The second-order valence-electron chi connectivity index (χ2n) is 5.22. The Hall–Kier alpha value is -2.61. The summed E-state index contributed by atoms with van der Waals surface area (Å²) in [5, 5.41) is 15.8. The minimum Gasteiger partial charge on any atom is -0.360 e. The van der Waals surface area contributed by atoms with Crippen LogP contribution >= 0.6 is 22.9 Å². The van der Waals surface area contributed by atoms with Gasteiger partial charge in [0.25, 0.3) is 0 Å². The van der Waals surface area contributed by atoms with Gasteiger partial charge in [-0.25, -0.2) is 4.98 Å². The van der Waals surface area contributed by atoms with Crippen LogP contribution < -0.4 is 5.32 Å². The number of rotatable bonds is 4. The molecule has 3 aromatic rings. The lowest BCUT2D eigenvalue weighted by atomic mass is 10.1. The fourth-order valence-electron chi connectivity index (χ4n) is 2.10. The molecule has 24 heavy (non-hydrogen) atoms. The zero-order chi connectivity index (χ0) is 16.9. The second kappa shape index (κ2) is 7.31. The maximum Gasteiger partial charge on any atom is 0.136 e. The Balaban J connectivity index is 1.81. The molecule has 0 saturated heterocycles.